The van der Waals surface area contributed by atoms with E-state index in [2.05, 4.69) is 0 Å². The number of hydrogen-bond donors (Lipinski definition) is 1. The average Bonchev–Trinajstić information content (AvgIpc) is 2.41. The van der Waals surface area contributed by atoms with Crippen LogP contribution in [0.5, 0.6) is 0 Å². The van der Waals surface area contributed by atoms with Crippen LogP contribution in [0.4, 0.5) is 0 Å². The normalized spacial score (nSPS) is 13.1. The summed E-state index contributed by atoms with van der Waals surface area (Å²) < 4.78 is 22.8. The summed E-state index contributed by atoms with van der Waals surface area (Å²) in [6.07, 6.45) is 0.820. The molecule has 0 saturated carbocycles. The third kappa shape index (κ3) is 4.06. The summed E-state index contributed by atoms with van der Waals surface area (Å²) in [5.74, 6) is 0. The lowest BCUT2D eigenvalue weighted by atomic mass is 10.0. The summed E-state index contributed by atoms with van der Waals surface area (Å²) in [5, 5.41) is 10.9. The van der Waals surface area contributed by atoms with E-state index < -0.39 is 15.9 Å². The number of aliphatic hydroxyl groups excluding tert-OH is 1. The van der Waals surface area contributed by atoms with Crippen LogP contribution in [-0.2, 0) is 16.3 Å². The molecular weight excluding hydrogens is 308 g/mol. The Kier molecular flexibility index (Phi) is 4.71. The molecule has 0 saturated heterocycles. The van der Waals surface area contributed by atoms with E-state index in [-0.39, 0.29) is 4.90 Å². The Labute approximate surface area is 130 Å². The lowest BCUT2D eigenvalue weighted by Crippen LogP contribution is -2.04. The number of rotatable bonds is 4. The van der Waals surface area contributed by atoms with Crippen LogP contribution < -0.4 is 0 Å². The van der Waals surface area contributed by atoms with Crippen LogP contribution in [0, 0.1) is 6.92 Å². The first-order chi connectivity index (χ1) is 9.77. The van der Waals surface area contributed by atoms with Crippen molar-refractivity contribution < 1.29 is 13.5 Å². The number of hydrogen-bond acceptors (Lipinski definition) is 3. The molecule has 0 spiro atoms. The summed E-state index contributed by atoms with van der Waals surface area (Å²) in [4.78, 5) is 0.242. The van der Waals surface area contributed by atoms with Crippen molar-refractivity contribution in [3.05, 3.63) is 64.2 Å². The van der Waals surface area contributed by atoms with Gasteiger partial charge in [-0.25, -0.2) is 8.42 Å². The number of sulfone groups is 1. The van der Waals surface area contributed by atoms with Gasteiger partial charge in [0.1, 0.15) is 0 Å². The van der Waals surface area contributed by atoms with Crippen molar-refractivity contribution >= 4 is 21.4 Å². The molecule has 0 aliphatic carbocycles. The van der Waals surface area contributed by atoms with Crippen molar-refractivity contribution in [2.75, 3.05) is 6.26 Å². The van der Waals surface area contributed by atoms with E-state index >= 15 is 0 Å². The second-order valence-electron chi connectivity index (χ2n) is 5.16. The van der Waals surface area contributed by atoms with Crippen molar-refractivity contribution in [1.82, 2.24) is 0 Å². The zero-order valence-corrected chi connectivity index (χ0v) is 13.4. The first kappa shape index (κ1) is 16.0. The van der Waals surface area contributed by atoms with Gasteiger partial charge in [0.25, 0.3) is 0 Å². The van der Waals surface area contributed by atoms with E-state index in [4.69, 9.17) is 11.6 Å². The minimum absolute atomic E-state index is 0.242. The van der Waals surface area contributed by atoms with Crippen molar-refractivity contribution in [2.45, 2.75) is 24.3 Å². The standard InChI is InChI=1S/C16H17ClO3S/c1-11-3-4-13(15(17)9-11)10-16(18)12-5-7-14(8-6-12)21(2,19)20/h3-9,16,18H,10H2,1-2H3. The number of aliphatic hydroxyl groups is 1. The highest BCUT2D eigenvalue weighted by atomic mass is 35.5. The van der Waals surface area contributed by atoms with Gasteiger partial charge in [0.15, 0.2) is 9.84 Å². The minimum atomic E-state index is -3.22. The zero-order valence-electron chi connectivity index (χ0n) is 11.9. The summed E-state index contributed by atoms with van der Waals surface area (Å²) in [6, 6.07) is 12.0. The molecule has 0 radical (unpaired) electrons. The molecule has 1 N–H and O–H groups in total. The van der Waals surface area contributed by atoms with Crippen molar-refractivity contribution in [3.8, 4) is 0 Å². The molecule has 5 heteroatoms. The van der Waals surface area contributed by atoms with E-state index in [9.17, 15) is 13.5 Å². The van der Waals surface area contributed by atoms with Gasteiger partial charge in [0, 0.05) is 17.7 Å². The molecule has 0 aromatic heterocycles. The number of aryl methyl sites for hydroxylation is 1. The van der Waals surface area contributed by atoms with Crippen LogP contribution in [0.15, 0.2) is 47.4 Å². The lowest BCUT2D eigenvalue weighted by molar-refractivity contribution is 0.178. The average molecular weight is 325 g/mol. The molecule has 2 rings (SSSR count). The molecule has 21 heavy (non-hydrogen) atoms. The van der Waals surface area contributed by atoms with Gasteiger partial charge in [-0.15, -0.1) is 0 Å². The van der Waals surface area contributed by atoms with Gasteiger partial charge in [-0.2, -0.15) is 0 Å². The Morgan fingerprint density at radius 1 is 1.14 bits per heavy atom. The van der Waals surface area contributed by atoms with Crippen molar-refractivity contribution in [1.29, 1.82) is 0 Å². The quantitative estimate of drug-likeness (QED) is 0.938. The molecule has 2 aromatic carbocycles. The SMILES string of the molecule is Cc1ccc(CC(O)c2ccc(S(C)(=O)=O)cc2)c(Cl)c1. The fourth-order valence-corrected chi connectivity index (χ4v) is 3.02. The first-order valence-electron chi connectivity index (χ1n) is 6.50. The highest BCUT2D eigenvalue weighted by molar-refractivity contribution is 7.90. The van der Waals surface area contributed by atoms with E-state index in [0.29, 0.717) is 17.0 Å². The Morgan fingerprint density at radius 2 is 1.76 bits per heavy atom. The van der Waals surface area contributed by atoms with Gasteiger partial charge in [-0.05, 0) is 41.8 Å². The van der Waals surface area contributed by atoms with E-state index in [1.54, 1.807) is 12.1 Å². The maximum atomic E-state index is 11.4. The third-order valence-electron chi connectivity index (χ3n) is 3.31. The Hall–Kier alpha value is -1.36. The van der Waals surface area contributed by atoms with Gasteiger partial charge in [0.05, 0.1) is 11.0 Å². The van der Waals surface area contributed by atoms with Gasteiger partial charge in [0.2, 0.25) is 0 Å². The van der Waals surface area contributed by atoms with Gasteiger partial charge < -0.3 is 5.11 Å². The highest BCUT2D eigenvalue weighted by Gasteiger charge is 2.13. The molecule has 2 aromatic rings. The molecule has 0 amide bonds. The Bertz CT molecular complexity index is 737. The fraction of sp³-hybridized carbons (Fsp3) is 0.250. The molecule has 3 nitrogen and oxygen atoms in total. The molecule has 112 valence electrons. The maximum Gasteiger partial charge on any atom is 0.175 e. The van der Waals surface area contributed by atoms with Crippen LogP contribution in [0.2, 0.25) is 5.02 Å². The summed E-state index contributed by atoms with van der Waals surface area (Å²) >= 11 is 6.16. The van der Waals surface area contributed by atoms with Crippen LogP contribution >= 0.6 is 11.6 Å². The van der Waals surface area contributed by atoms with E-state index in [1.807, 2.05) is 25.1 Å². The first-order valence-corrected chi connectivity index (χ1v) is 8.77. The van der Waals surface area contributed by atoms with Gasteiger partial charge in [-0.3, -0.25) is 0 Å². The molecule has 0 aliphatic rings. The van der Waals surface area contributed by atoms with E-state index in [0.717, 1.165) is 17.4 Å². The lowest BCUT2D eigenvalue weighted by Gasteiger charge is -2.13. The second kappa shape index (κ2) is 6.18. The highest BCUT2D eigenvalue weighted by Crippen LogP contribution is 2.25. The summed E-state index contributed by atoms with van der Waals surface area (Å²) in [7, 11) is -3.22. The van der Waals surface area contributed by atoms with Crippen molar-refractivity contribution in [2.24, 2.45) is 0 Å². The largest absolute Gasteiger partial charge is 0.388 e. The number of benzene rings is 2. The predicted molar refractivity (Wildman–Crippen MR) is 84.4 cm³/mol. The van der Waals surface area contributed by atoms with Crippen LogP contribution in [0.25, 0.3) is 0 Å². The Morgan fingerprint density at radius 3 is 2.29 bits per heavy atom. The minimum Gasteiger partial charge on any atom is -0.388 e. The molecule has 0 aliphatic heterocycles. The van der Waals surface area contributed by atoms with Crippen LogP contribution in [0.3, 0.4) is 0 Å². The van der Waals surface area contributed by atoms with Crippen molar-refractivity contribution in [3.63, 3.8) is 0 Å². The predicted octanol–water partition coefficient (Wildman–Crippen LogP) is 3.33. The number of halogens is 1. The van der Waals surface area contributed by atoms with E-state index in [1.165, 1.54) is 12.1 Å². The molecule has 0 fully saturated rings. The Balaban J connectivity index is 2.18. The second-order valence-corrected chi connectivity index (χ2v) is 7.58. The molecule has 0 heterocycles. The summed E-state index contributed by atoms with van der Waals surface area (Å²) in [6.45, 7) is 1.95. The molecular formula is C16H17ClO3S. The monoisotopic (exact) mass is 324 g/mol. The maximum absolute atomic E-state index is 11.4. The summed E-state index contributed by atoms with van der Waals surface area (Å²) in [5.41, 5.74) is 2.59. The smallest absolute Gasteiger partial charge is 0.175 e. The molecule has 1 atom stereocenters. The fourth-order valence-electron chi connectivity index (χ4n) is 2.08. The zero-order chi connectivity index (χ0) is 15.6. The van der Waals surface area contributed by atoms with Gasteiger partial charge in [-0.1, -0.05) is 35.9 Å². The van der Waals surface area contributed by atoms with Gasteiger partial charge >= 0.3 is 0 Å². The molecule has 0 bridgehead atoms. The van der Waals surface area contributed by atoms with Crippen LogP contribution in [-0.4, -0.2) is 19.8 Å². The molecule has 1 unspecified atom stereocenters. The topological polar surface area (TPSA) is 54.4 Å². The van der Waals surface area contributed by atoms with Crippen LogP contribution in [0.1, 0.15) is 22.8 Å². The third-order valence-corrected chi connectivity index (χ3v) is 4.80.